The van der Waals surface area contributed by atoms with Crippen molar-refractivity contribution in [3.63, 3.8) is 0 Å². The number of anilines is 1. The molecule has 16 heteroatoms. The lowest BCUT2D eigenvalue weighted by atomic mass is 9.91. The molecule has 0 N–H and O–H groups in total. The molecule has 0 bridgehead atoms. The molecule has 50 heavy (non-hydrogen) atoms. The number of morpholine rings is 1. The minimum absolute atomic E-state index is 0.113. The van der Waals surface area contributed by atoms with Gasteiger partial charge in [-0.25, -0.2) is 18.7 Å². The van der Waals surface area contributed by atoms with Gasteiger partial charge in [0.05, 0.1) is 51.9 Å². The lowest BCUT2D eigenvalue weighted by Crippen LogP contribution is -2.64. The monoisotopic (exact) mass is 712 g/mol. The molecular formula is C34H45FN8O6S. The SMILES string of the molecule is C[C@@H]1COCCN1C[C@H]1CN(C(=O)OC(C)(C)C)[C@H](C)CN1CC(=O)N1CC(C)(C)c2c1cc(Sc1ccc(F)cc1[N+](=O)[O-])c1ncnn21. The molecule has 3 atom stereocenters. The highest BCUT2D eigenvalue weighted by molar-refractivity contribution is 7.99. The molecule has 270 valence electrons. The fraction of sp³-hybridized carbons (Fsp3) is 0.588. The minimum atomic E-state index is -0.705. The first-order valence-corrected chi connectivity index (χ1v) is 17.7. The molecule has 2 amide bonds. The Labute approximate surface area is 295 Å². The maximum absolute atomic E-state index is 14.5. The van der Waals surface area contributed by atoms with E-state index in [1.165, 1.54) is 18.5 Å². The molecule has 3 aliphatic rings. The van der Waals surface area contributed by atoms with Crippen molar-refractivity contribution in [2.24, 2.45) is 0 Å². The van der Waals surface area contributed by atoms with Crippen LogP contribution in [0.25, 0.3) is 5.65 Å². The van der Waals surface area contributed by atoms with Crippen molar-refractivity contribution in [2.45, 2.75) is 87.4 Å². The molecule has 6 rings (SSSR count). The highest BCUT2D eigenvalue weighted by Gasteiger charge is 2.44. The van der Waals surface area contributed by atoms with Crippen LogP contribution in [-0.2, 0) is 19.7 Å². The number of nitrogens with zero attached hydrogens (tertiary/aromatic N) is 8. The number of pyridine rings is 1. The molecule has 0 spiro atoms. The van der Waals surface area contributed by atoms with Crippen molar-refractivity contribution >= 4 is 40.8 Å². The van der Waals surface area contributed by atoms with Crippen molar-refractivity contribution in [1.82, 2.24) is 29.3 Å². The third-order valence-corrected chi connectivity index (χ3v) is 10.6. The van der Waals surface area contributed by atoms with E-state index in [1.54, 1.807) is 14.3 Å². The maximum atomic E-state index is 14.5. The Morgan fingerprint density at radius 2 is 1.90 bits per heavy atom. The zero-order valence-electron chi connectivity index (χ0n) is 29.6. The first kappa shape index (κ1) is 35.9. The summed E-state index contributed by atoms with van der Waals surface area (Å²) in [6.07, 6.45) is 1.05. The van der Waals surface area contributed by atoms with Gasteiger partial charge in [-0.3, -0.25) is 24.7 Å². The van der Waals surface area contributed by atoms with E-state index in [0.29, 0.717) is 55.6 Å². The zero-order valence-corrected chi connectivity index (χ0v) is 30.4. The third kappa shape index (κ3) is 7.29. The number of carbonyl (C=O) groups is 2. The number of nitro groups is 1. The van der Waals surface area contributed by atoms with Crippen LogP contribution in [-0.4, -0.2) is 122 Å². The second-order valence-corrected chi connectivity index (χ2v) is 16.1. The van der Waals surface area contributed by atoms with Gasteiger partial charge < -0.3 is 19.3 Å². The van der Waals surface area contributed by atoms with Crippen LogP contribution in [0.5, 0.6) is 0 Å². The van der Waals surface area contributed by atoms with Crippen LogP contribution in [0.2, 0.25) is 0 Å². The number of carbonyl (C=O) groups excluding carboxylic acids is 2. The molecule has 0 unspecified atom stereocenters. The van der Waals surface area contributed by atoms with Crippen LogP contribution in [0.1, 0.15) is 54.2 Å². The second-order valence-electron chi connectivity index (χ2n) is 15.1. The summed E-state index contributed by atoms with van der Waals surface area (Å²) in [5.41, 5.74) is 0.445. The van der Waals surface area contributed by atoms with Gasteiger partial charge in [0.1, 0.15) is 17.7 Å². The Kier molecular flexibility index (Phi) is 9.85. The van der Waals surface area contributed by atoms with Gasteiger partial charge in [-0.1, -0.05) is 25.6 Å². The number of fused-ring (bicyclic) bond motifs is 3. The molecule has 3 aromatic rings. The second kappa shape index (κ2) is 13.7. The number of piperazine rings is 1. The number of aromatic nitrogens is 3. The van der Waals surface area contributed by atoms with Gasteiger partial charge in [0.15, 0.2) is 5.65 Å². The van der Waals surface area contributed by atoms with Crippen LogP contribution >= 0.6 is 11.8 Å². The molecule has 2 saturated heterocycles. The van der Waals surface area contributed by atoms with Crippen LogP contribution in [0.3, 0.4) is 0 Å². The third-order valence-electron chi connectivity index (χ3n) is 9.49. The first-order chi connectivity index (χ1) is 23.5. The molecule has 14 nitrogen and oxygen atoms in total. The molecule has 0 saturated carbocycles. The molecule has 3 aliphatic heterocycles. The van der Waals surface area contributed by atoms with Gasteiger partial charge in [-0.05, 0) is 52.8 Å². The van der Waals surface area contributed by atoms with E-state index in [1.807, 2.05) is 47.6 Å². The summed E-state index contributed by atoms with van der Waals surface area (Å²) in [6, 6.07) is 5.15. The smallest absolute Gasteiger partial charge is 0.410 e. The number of amides is 2. The van der Waals surface area contributed by atoms with Gasteiger partial charge in [0.2, 0.25) is 5.91 Å². The van der Waals surface area contributed by atoms with Crippen LogP contribution in [0, 0.1) is 15.9 Å². The normalized spacial score (nSPS) is 22.9. The summed E-state index contributed by atoms with van der Waals surface area (Å²) >= 11 is 1.08. The fourth-order valence-electron chi connectivity index (χ4n) is 7.08. The summed E-state index contributed by atoms with van der Waals surface area (Å²) in [5.74, 6) is -0.818. The number of rotatable bonds is 7. The van der Waals surface area contributed by atoms with E-state index >= 15 is 0 Å². The number of benzene rings is 1. The van der Waals surface area contributed by atoms with Crippen molar-refractivity contribution < 1.29 is 28.4 Å². The van der Waals surface area contributed by atoms with E-state index in [-0.39, 0.29) is 47.3 Å². The highest BCUT2D eigenvalue weighted by Crippen LogP contribution is 2.45. The first-order valence-electron chi connectivity index (χ1n) is 16.9. The lowest BCUT2D eigenvalue weighted by Gasteiger charge is -2.47. The van der Waals surface area contributed by atoms with E-state index in [9.17, 15) is 24.1 Å². The average molecular weight is 713 g/mol. The predicted molar refractivity (Wildman–Crippen MR) is 185 cm³/mol. The number of ether oxygens (including phenoxy) is 2. The van der Waals surface area contributed by atoms with Crippen LogP contribution in [0.4, 0.5) is 20.6 Å². The number of hydrogen-bond donors (Lipinski definition) is 0. The van der Waals surface area contributed by atoms with Gasteiger partial charge in [0, 0.05) is 56.3 Å². The number of hydrogen-bond acceptors (Lipinski definition) is 11. The quantitative estimate of drug-likeness (QED) is 0.251. The van der Waals surface area contributed by atoms with Crippen molar-refractivity contribution in [3.05, 3.63) is 52.2 Å². The summed E-state index contributed by atoms with van der Waals surface area (Å²) in [5, 5.41) is 16.3. The molecule has 5 heterocycles. The Morgan fingerprint density at radius 1 is 1.14 bits per heavy atom. The van der Waals surface area contributed by atoms with Gasteiger partial charge >= 0.3 is 6.09 Å². The molecule has 1 aromatic carbocycles. The van der Waals surface area contributed by atoms with E-state index < -0.39 is 21.8 Å². The van der Waals surface area contributed by atoms with E-state index in [2.05, 4.69) is 26.8 Å². The zero-order chi connectivity index (χ0) is 36.1. The fourth-order valence-corrected chi connectivity index (χ4v) is 8.09. The van der Waals surface area contributed by atoms with Gasteiger partial charge in [-0.2, -0.15) is 5.10 Å². The maximum Gasteiger partial charge on any atom is 0.410 e. The largest absolute Gasteiger partial charge is 0.444 e. The molecule has 2 fully saturated rings. The van der Waals surface area contributed by atoms with Crippen molar-refractivity contribution in [3.8, 4) is 0 Å². The topological polar surface area (TPSA) is 139 Å². The number of halogens is 1. The van der Waals surface area contributed by atoms with E-state index in [0.717, 1.165) is 30.1 Å². The molecular weight excluding hydrogens is 667 g/mol. The molecule has 0 aliphatic carbocycles. The average Bonchev–Trinajstić information content (AvgIpc) is 3.61. The van der Waals surface area contributed by atoms with Gasteiger partial charge in [-0.15, -0.1) is 0 Å². The summed E-state index contributed by atoms with van der Waals surface area (Å²) in [7, 11) is 0. The molecule has 2 aromatic heterocycles. The Hall–Kier alpha value is -3.86. The van der Waals surface area contributed by atoms with Crippen LogP contribution < -0.4 is 4.90 Å². The molecule has 0 radical (unpaired) electrons. The standard InChI is InChI=1S/C34H45FN8O6S/c1-21-14-39(24(15-38-10-11-48-18-22(38)2)16-40(21)32(45)49-33(3,4)5)17-29(44)41-19-34(6,7)30-26(41)13-28(31-36-20-37-42(30)31)50-27-9-8-23(35)12-25(27)43(46)47/h8-9,12-13,20-22,24H,10-11,14-19H2,1-7H3/t21-,22-,24+/m1/s1. The van der Waals surface area contributed by atoms with Crippen LogP contribution in [0.15, 0.2) is 40.4 Å². The Morgan fingerprint density at radius 3 is 2.60 bits per heavy atom. The van der Waals surface area contributed by atoms with Gasteiger partial charge in [0.25, 0.3) is 5.69 Å². The van der Waals surface area contributed by atoms with Crippen molar-refractivity contribution in [2.75, 3.05) is 57.4 Å². The predicted octanol–water partition coefficient (Wildman–Crippen LogP) is 4.58. The summed E-state index contributed by atoms with van der Waals surface area (Å²) in [4.78, 5) is 52.2. The summed E-state index contributed by atoms with van der Waals surface area (Å²) in [6.45, 7) is 17.8. The lowest BCUT2D eigenvalue weighted by molar-refractivity contribution is -0.387. The number of nitro benzene ring substituents is 1. The van der Waals surface area contributed by atoms with Crippen molar-refractivity contribution in [1.29, 1.82) is 0 Å². The highest BCUT2D eigenvalue weighted by atomic mass is 32.2. The Balaban J connectivity index is 1.31. The Bertz CT molecular complexity index is 1800. The minimum Gasteiger partial charge on any atom is -0.444 e. The van der Waals surface area contributed by atoms with E-state index in [4.69, 9.17) is 9.47 Å². The summed E-state index contributed by atoms with van der Waals surface area (Å²) < 4.78 is 27.1.